The number of rotatable bonds is 0. The third-order valence-corrected chi connectivity index (χ3v) is 0. The van der Waals surface area contributed by atoms with Crippen LogP contribution in [0.2, 0.25) is 0 Å². The van der Waals surface area contributed by atoms with E-state index in [4.69, 9.17) is 0 Å². The van der Waals surface area contributed by atoms with Gasteiger partial charge in [-0.25, -0.2) is 0 Å². The van der Waals surface area contributed by atoms with E-state index in [1.807, 2.05) is 0 Å². The van der Waals surface area contributed by atoms with Crippen LogP contribution in [-0.2, 0) is 15.1 Å². The SMILES string of the molecule is O.[Cl][Mn].[MgH2]. The van der Waals surface area contributed by atoms with E-state index in [0.29, 0.717) is 0 Å². The minimum Gasteiger partial charge on any atom is 0.316 e. The van der Waals surface area contributed by atoms with Crippen LogP contribution in [0.5, 0.6) is 0 Å². The Bertz CT molecular complexity index is 8.00. The normalized spacial score (nSPS) is 1.50. The van der Waals surface area contributed by atoms with Crippen molar-refractivity contribution in [1.29, 1.82) is 0 Å². The van der Waals surface area contributed by atoms with Crippen LogP contribution in [0.4, 0.5) is 0 Å². The maximum atomic E-state index is 4.45. The summed E-state index contributed by atoms with van der Waals surface area (Å²) in [5.74, 6) is 0. The molecule has 0 amide bonds. The van der Waals surface area contributed by atoms with Crippen LogP contribution in [0, 0.1) is 0 Å². The molecule has 4 heavy (non-hydrogen) atoms. The van der Waals surface area contributed by atoms with Gasteiger partial charge < -0.3 is 5.48 Å². The summed E-state index contributed by atoms with van der Waals surface area (Å²) in [6.07, 6.45) is 0. The summed E-state index contributed by atoms with van der Waals surface area (Å²) in [7, 11) is 4.45. The Morgan fingerprint density at radius 1 is 1.25 bits per heavy atom. The van der Waals surface area contributed by atoms with Crippen molar-refractivity contribution >= 4 is 33.2 Å². The van der Waals surface area contributed by atoms with E-state index in [9.17, 15) is 0 Å². The van der Waals surface area contributed by atoms with Gasteiger partial charge in [0.2, 0.25) is 0 Å². The molecule has 4 heteroatoms. The monoisotopic (exact) mass is 134 g/mol. The molecule has 0 atom stereocenters. The molecule has 0 unspecified atom stereocenters. The van der Waals surface area contributed by atoms with Crippen LogP contribution in [0.3, 0.4) is 0 Å². The standard InChI is InChI=1S/ClH.Mg.Mn.H2O.2H/h1H;;;1H2;;/q;;+1;;;/p-1. The molecule has 2 N–H and O–H groups in total. The predicted molar refractivity (Wildman–Crippen MR) is 18.0 cm³/mol. The number of halogens is 1. The smallest absolute Gasteiger partial charge is 0.316 e. The van der Waals surface area contributed by atoms with Gasteiger partial charge in [-0.2, -0.15) is 0 Å². The average Bonchev–Trinajstić information content (AvgIpc) is 1.00. The minimum absolute atomic E-state index is 0. The molecule has 0 aromatic heterocycles. The van der Waals surface area contributed by atoms with Gasteiger partial charge in [-0.1, -0.05) is 0 Å². The summed E-state index contributed by atoms with van der Waals surface area (Å²) in [4.78, 5) is 0. The van der Waals surface area contributed by atoms with Crippen LogP contribution in [0.15, 0.2) is 0 Å². The minimum atomic E-state index is 0. The van der Waals surface area contributed by atoms with Gasteiger partial charge >= 0.3 is 48.3 Å². The predicted octanol–water partition coefficient (Wildman–Crippen LogP) is -1.05. The van der Waals surface area contributed by atoms with E-state index < -0.39 is 0 Å². The van der Waals surface area contributed by atoms with Gasteiger partial charge in [0.25, 0.3) is 0 Å². The zero-order valence-corrected chi connectivity index (χ0v) is 3.19. The van der Waals surface area contributed by atoms with Crippen molar-refractivity contribution in [1.82, 2.24) is 0 Å². The van der Waals surface area contributed by atoms with Crippen LogP contribution in [0.25, 0.3) is 0 Å². The Balaban J connectivity index is -0.00000000500. The summed E-state index contributed by atoms with van der Waals surface area (Å²) in [6, 6.07) is 0. The first-order valence-corrected chi connectivity index (χ1v) is 1.77. The molecule has 0 heterocycles. The van der Waals surface area contributed by atoms with Crippen LogP contribution in [0.1, 0.15) is 0 Å². The first kappa shape index (κ1) is 17.7. The number of hydrogen-bond donors (Lipinski definition) is 0. The van der Waals surface area contributed by atoms with Crippen LogP contribution >= 0.6 is 10.1 Å². The molecule has 0 radical (unpaired) electrons. The van der Waals surface area contributed by atoms with Gasteiger partial charge in [0.15, 0.2) is 0 Å². The van der Waals surface area contributed by atoms with E-state index in [1.54, 1.807) is 0 Å². The Labute approximate surface area is 53.6 Å². The van der Waals surface area contributed by atoms with Gasteiger partial charge in [-0.05, 0) is 0 Å². The number of hydrogen-bond acceptors (Lipinski definition) is 0. The van der Waals surface area contributed by atoms with Crippen molar-refractivity contribution in [3.63, 3.8) is 0 Å². The third kappa shape index (κ3) is 9.64. The maximum Gasteiger partial charge on any atom is 0.316 e. The van der Waals surface area contributed by atoms with Gasteiger partial charge in [0, 0.05) is 0 Å². The molecule has 0 saturated carbocycles. The van der Waals surface area contributed by atoms with Crippen molar-refractivity contribution in [2.75, 3.05) is 0 Å². The van der Waals surface area contributed by atoms with Crippen LogP contribution in [-0.4, -0.2) is 28.5 Å². The fourth-order valence-electron chi connectivity index (χ4n) is 0. The second-order valence-corrected chi connectivity index (χ2v) is 0. The maximum absolute atomic E-state index is 4.45. The molecular formula is H4ClMgMnO. The quantitative estimate of drug-likeness (QED) is 0.379. The van der Waals surface area contributed by atoms with E-state index >= 15 is 0 Å². The molecule has 1 nitrogen and oxygen atoms in total. The topological polar surface area (TPSA) is 31.5 Å². The molecule has 26 valence electrons. The molecule has 0 fully saturated rings. The Kier molecular flexibility index (Phi) is 106. The van der Waals surface area contributed by atoms with Gasteiger partial charge in [0.1, 0.15) is 0 Å². The second-order valence-electron chi connectivity index (χ2n) is 0. The fraction of sp³-hybridized carbons (Fsp3) is 0. The first-order chi connectivity index (χ1) is 1.00. The largest absolute Gasteiger partial charge is 0.316 e. The van der Waals surface area contributed by atoms with E-state index in [2.05, 4.69) is 25.2 Å². The summed E-state index contributed by atoms with van der Waals surface area (Å²) >= 11 is 2.41. The Morgan fingerprint density at radius 3 is 1.25 bits per heavy atom. The second kappa shape index (κ2) is 24.0. The van der Waals surface area contributed by atoms with E-state index in [0.717, 1.165) is 0 Å². The molecule has 0 spiro atoms. The van der Waals surface area contributed by atoms with Gasteiger partial charge in [0.05, 0.1) is 0 Å². The summed E-state index contributed by atoms with van der Waals surface area (Å²) in [5.41, 5.74) is 0. The zero-order chi connectivity index (χ0) is 2.00. The molecule has 0 aliphatic rings. The van der Waals surface area contributed by atoms with Crippen molar-refractivity contribution in [2.24, 2.45) is 0 Å². The Hall–Kier alpha value is 1.54. The third-order valence-electron chi connectivity index (χ3n) is 0. The van der Waals surface area contributed by atoms with E-state index in [1.165, 1.54) is 0 Å². The molecule has 0 bridgehead atoms. The van der Waals surface area contributed by atoms with Gasteiger partial charge in [-0.15, -0.1) is 0 Å². The van der Waals surface area contributed by atoms with Crippen molar-refractivity contribution in [3.05, 3.63) is 0 Å². The molecule has 0 aliphatic carbocycles. The first-order valence-electron chi connectivity index (χ1n) is 0.143. The fourth-order valence-corrected chi connectivity index (χ4v) is 0. The molecule has 0 rings (SSSR count). The summed E-state index contributed by atoms with van der Waals surface area (Å²) in [5, 5.41) is 0. The molecular weight excluding hydrogens is 131 g/mol. The Morgan fingerprint density at radius 2 is 1.25 bits per heavy atom. The molecule has 0 aliphatic heterocycles. The van der Waals surface area contributed by atoms with Crippen LogP contribution < -0.4 is 0 Å². The van der Waals surface area contributed by atoms with Crippen molar-refractivity contribution in [3.8, 4) is 0 Å². The van der Waals surface area contributed by atoms with Gasteiger partial charge in [-0.3, -0.25) is 0 Å². The average molecular weight is 135 g/mol. The zero-order valence-electron chi connectivity index (χ0n) is 1.26. The molecule has 0 saturated heterocycles. The molecule has 0 aromatic carbocycles. The summed E-state index contributed by atoms with van der Waals surface area (Å²) < 4.78 is 0. The summed E-state index contributed by atoms with van der Waals surface area (Å²) in [6.45, 7) is 0. The van der Waals surface area contributed by atoms with Crippen molar-refractivity contribution < 1.29 is 20.6 Å². The van der Waals surface area contributed by atoms with E-state index in [-0.39, 0.29) is 28.5 Å². The van der Waals surface area contributed by atoms with Crippen molar-refractivity contribution in [2.45, 2.75) is 0 Å². The molecule has 0 aromatic rings.